The van der Waals surface area contributed by atoms with Crippen LogP contribution in [0.2, 0.25) is 0 Å². The van der Waals surface area contributed by atoms with E-state index in [1.54, 1.807) is 0 Å². The number of nitrogens with one attached hydrogen (secondary N) is 1. The van der Waals surface area contributed by atoms with E-state index in [1.165, 1.54) is 43.2 Å². The topological polar surface area (TPSA) is 12.0 Å². The van der Waals surface area contributed by atoms with Gasteiger partial charge in [-0.2, -0.15) is 0 Å². The van der Waals surface area contributed by atoms with Gasteiger partial charge in [-0.25, -0.2) is 0 Å². The number of hydrogen-bond donors (Lipinski definition) is 1. The molecule has 3 rings (SSSR count). The third-order valence-electron chi connectivity index (χ3n) is 4.94. The zero-order valence-electron chi connectivity index (χ0n) is 13.6. The minimum atomic E-state index is 0.174. The first-order valence-electron chi connectivity index (χ1n) is 8.66. The Hall–Kier alpha value is -1.60. The molecule has 0 radical (unpaired) electrons. The third kappa shape index (κ3) is 3.59. The predicted molar refractivity (Wildman–Crippen MR) is 93.9 cm³/mol. The van der Waals surface area contributed by atoms with E-state index in [0.717, 1.165) is 6.42 Å². The highest BCUT2D eigenvalue weighted by Crippen LogP contribution is 2.37. The second kappa shape index (κ2) is 7.11. The van der Waals surface area contributed by atoms with E-state index in [1.807, 2.05) is 0 Å². The van der Waals surface area contributed by atoms with Crippen molar-refractivity contribution in [1.29, 1.82) is 0 Å². The van der Waals surface area contributed by atoms with E-state index in [9.17, 15) is 0 Å². The molecule has 1 aliphatic rings. The Morgan fingerprint density at radius 3 is 2.09 bits per heavy atom. The Bertz CT molecular complexity index is 555. The van der Waals surface area contributed by atoms with Crippen LogP contribution in [-0.2, 0) is 12.0 Å². The van der Waals surface area contributed by atoms with Gasteiger partial charge in [0.2, 0.25) is 0 Å². The second-order valence-electron chi connectivity index (χ2n) is 6.74. The van der Waals surface area contributed by atoms with Crippen LogP contribution in [0, 0.1) is 0 Å². The van der Waals surface area contributed by atoms with Gasteiger partial charge in [0.05, 0.1) is 0 Å². The van der Waals surface area contributed by atoms with E-state index in [2.05, 4.69) is 72.9 Å². The first kappa shape index (κ1) is 15.3. The van der Waals surface area contributed by atoms with Crippen molar-refractivity contribution in [2.24, 2.45) is 0 Å². The van der Waals surface area contributed by atoms with Gasteiger partial charge in [0.1, 0.15) is 0 Å². The molecule has 1 nitrogen and oxygen atoms in total. The molecule has 0 aromatic heterocycles. The van der Waals surface area contributed by atoms with Crippen LogP contribution < -0.4 is 5.32 Å². The molecule has 2 aromatic rings. The molecule has 0 aliphatic heterocycles. The lowest BCUT2D eigenvalue weighted by molar-refractivity contribution is 0.211. The van der Waals surface area contributed by atoms with Crippen molar-refractivity contribution in [3.8, 4) is 0 Å². The smallest absolute Gasteiger partial charge is 0.0436 e. The van der Waals surface area contributed by atoms with Gasteiger partial charge in [0.25, 0.3) is 0 Å². The molecule has 0 heterocycles. The van der Waals surface area contributed by atoms with Crippen LogP contribution in [0.25, 0.3) is 0 Å². The van der Waals surface area contributed by atoms with Crippen molar-refractivity contribution in [3.05, 3.63) is 71.8 Å². The maximum Gasteiger partial charge on any atom is 0.0436 e. The molecule has 0 amide bonds. The molecular weight excluding hydrogens is 266 g/mol. The second-order valence-corrected chi connectivity index (χ2v) is 6.74. The van der Waals surface area contributed by atoms with Crippen LogP contribution >= 0.6 is 0 Å². The largest absolute Gasteiger partial charge is 0.305 e. The van der Waals surface area contributed by atoms with Crippen molar-refractivity contribution in [3.63, 3.8) is 0 Å². The summed E-state index contributed by atoms with van der Waals surface area (Å²) in [5, 5.41) is 4.00. The summed E-state index contributed by atoms with van der Waals surface area (Å²) < 4.78 is 0. The Morgan fingerprint density at radius 2 is 1.45 bits per heavy atom. The fraction of sp³-hybridized carbons (Fsp3) is 0.429. The quantitative estimate of drug-likeness (QED) is 0.812. The standard InChI is InChI=1S/C21H27N/c1-18(17-19-11-5-2-6-12-19)22-21(15-9-4-10-16-21)20-13-7-3-8-14-20/h2-3,5-8,11-14,18,22H,4,9-10,15-17H2,1H3. The van der Waals surface area contributed by atoms with Gasteiger partial charge in [-0.05, 0) is 37.3 Å². The maximum atomic E-state index is 4.00. The van der Waals surface area contributed by atoms with Crippen LogP contribution in [0.4, 0.5) is 0 Å². The van der Waals surface area contributed by atoms with Crippen LogP contribution in [0.3, 0.4) is 0 Å². The Balaban J connectivity index is 1.76. The first-order valence-corrected chi connectivity index (χ1v) is 8.66. The maximum absolute atomic E-state index is 4.00. The van der Waals surface area contributed by atoms with Crippen molar-refractivity contribution >= 4 is 0 Å². The number of hydrogen-bond acceptors (Lipinski definition) is 1. The third-order valence-corrected chi connectivity index (χ3v) is 4.94. The molecule has 0 saturated heterocycles. The lowest BCUT2D eigenvalue weighted by Gasteiger charge is -2.41. The van der Waals surface area contributed by atoms with Crippen molar-refractivity contribution < 1.29 is 0 Å². The van der Waals surface area contributed by atoms with Crippen molar-refractivity contribution in [2.75, 3.05) is 0 Å². The van der Waals surface area contributed by atoms with Gasteiger partial charge in [-0.15, -0.1) is 0 Å². The molecule has 2 aromatic carbocycles. The summed E-state index contributed by atoms with van der Waals surface area (Å²) in [5.41, 5.74) is 3.06. The molecule has 22 heavy (non-hydrogen) atoms. The van der Waals surface area contributed by atoms with Gasteiger partial charge >= 0.3 is 0 Å². The molecule has 1 N–H and O–H groups in total. The summed E-state index contributed by atoms with van der Waals surface area (Å²) in [4.78, 5) is 0. The van der Waals surface area contributed by atoms with Crippen LogP contribution in [0.1, 0.15) is 50.2 Å². The van der Waals surface area contributed by atoms with Crippen LogP contribution in [-0.4, -0.2) is 6.04 Å². The van der Waals surface area contributed by atoms with Gasteiger partial charge in [0, 0.05) is 11.6 Å². The van der Waals surface area contributed by atoms with E-state index < -0.39 is 0 Å². The lowest BCUT2D eigenvalue weighted by Crippen LogP contribution is -2.48. The lowest BCUT2D eigenvalue weighted by atomic mass is 9.76. The average Bonchev–Trinajstić information content (AvgIpc) is 2.57. The molecule has 116 valence electrons. The van der Waals surface area contributed by atoms with E-state index in [-0.39, 0.29) is 5.54 Å². The monoisotopic (exact) mass is 293 g/mol. The summed E-state index contributed by atoms with van der Waals surface area (Å²) in [6.45, 7) is 2.33. The van der Waals surface area contributed by atoms with E-state index >= 15 is 0 Å². The first-order chi connectivity index (χ1) is 10.8. The molecule has 1 aliphatic carbocycles. The van der Waals surface area contributed by atoms with Gasteiger partial charge in [-0.3, -0.25) is 0 Å². The molecule has 1 saturated carbocycles. The molecule has 1 unspecified atom stereocenters. The van der Waals surface area contributed by atoms with Gasteiger partial charge in [0.15, 0.2) is 0 Å². The zero-order valence-corrected chi connectivity index (χ0v) is 13.6. The minimum absolute atomic E-state index is 0.174. The highest BCUT2D eigenvalue weighted by atomic mass is 15.0. The highest BCUT2D eigenvalue weighted by Gasteiger charge is 2.34. The molecule has 1 fully saturated rings. The molecule has 0 bridgehead atoms. The SMILES string of the molecule is CC(Cc1ccccc1)NC1(c2ccccc2)CCCCC1. The van der Waals surface area contributed by atoms with Crippen molar-refractivity contribution in [1.82, 2.24) is 5.32 Å². The number of rotatable bonds is 5. The van der Waals surface area contributed by atoms with Crippen LogP contribution in [0.5, 0.6) is 0 Å². The summed E-state index contributed by atoms with van der Waals surface area (Å²) >= 11 is 0. The van der Waals surface area contributed by atoms with Gasteiger partial charge < -0.3 is 5.32 Å². The molecule has 1 heteroatoms. The Morgan fingerprint density at radius 1 is 0.864 bits per heavy atom. The summed E-state index contributed by atoms with van der Waals surface area (Å²) in [6, 6.07) is 22.4. The molecular formula is C21H27N. The summed E-state index contributed by atoms with van der Waals surface area (Å²) in [7, 11) is 0. The Kier molecular flexibility index (Phi) is 4.94. The molecule has 1 atom stereocenters. The normalized spacial score (nSPS) is 18.8. The fourth-order valence-electron chi connectivity index (χ4n) is 3.92. The number of benzene rings is 2. The molecule has 0 spiro atoms. The average molecular weight is 293 g/mol. The zero-order chi connectivity index (χ0) is 15.3. The van der Waals surface area contributed by atoms with Crippen molar-refractivity contribution in [2.45, 2.75) is 57.0 Å². The highest BCUT2D eigenvalue weighted by molar-refractivity contribution is 5.26. The van der Waals surface area contributed by atoms with E-state index in [4.69, 9.17) is 0 Å². The minimum Gasteiger partial charge on any atom is -0.305 e. The van der Waals surface area contributed by atoms with Gasteiger partial charge in [-0.1, -0.05) is 79.9 Å². The fourth-order valence-corrected chi connectivity index (χ4v) is 3.92. The van der Waals surface area contributed by atoms with Crippen LogP contribution in [0.15, 0.2) is 60.7 Å². The van der Waals surface area contributed by atoms with E-state index in [0.29, 0.717) is 6.04 Å². The predicted octanol–water partition coefficient (Wildman–Crippen LogP) is 5.07. The summed E-state index contributed by atoms with van der Waals surface area (Å²) in [6.07, 6.45) is 7.66. The Labute approximate surface area is 134 Å². The summed E-state index contributed by atoms with van der Waals surface area (Å²) in [5.74, 6) is 0.